The average Bonchev–Trinajstić information content (AvgIpc) is 2.47. The minimum absolute atomic E-state index is 0.251. The van der Waals surface area contributed by atoms with Crippen LogP contribution in [0, 0.1) is 5.92 Å². The van der Waals surface area contributed by atoms with Crippen molar-refractivity contribution >= 4 is 26.6 Å². The molecule has 2 heterocycles. The van der Waals surface area contributed by atoms with E-state index in [1.54, 1.807) is 34.8 Å². The van der Waals surface area contributed by atoms with Crippen LogP contribution in [0.3, 0.4) is 0 Å². The van der Waals surface area contributed by atoms with Gasteiger partial charge >= 0.3 is 0 Å². The molecule has 1 saturated heterocycles. The lowest BCUT2D eigenvalue weighted by atomic mass is 10.0. The standard InChI is InChI=1S/C15H19N3O2S/c1-11-4-3-9-18(10-11)21(19,20)14-7-6-13(16)12-5-2-8-17-15(12)14/h2,5-8,11H,3-4,9-10,16H2,1H3. The van der Waals surface area contributed by atoms with E-state index in [0.29, 0.717) is 35.6 Å². The van der Waals surface area contributed by atoms with Gasteiger partial charge < -0.3 is 5.73 Å². The predicted molar refractivity (Wildman–Crippen MR) is 83.3 cm³/mol. The van der Waals surface area contributed by atoms with Crippen molar-refractivity contribution in [1.82, 2.24) is 9.29 Å². The second-order valence-corrected chi connectivity index (χ2v) is 7.57. The number of aromatic nitrogens is 1. The highest BCUT2D eigenvalue weighted by atomic mass is 32.2. The Morgan fingerprint density at radius 2 is 2.14 bits per heavy atom. The number of hydrogen-bond acceptors (Lipinski definition) is 4. The number of fused-ring (bicyclic) bond motifs is 1. The lowest BCUT2D eigenvalue weighted by molar-refractivity contribution is 0.281. The number of piperidine rings is 1. The second kappa shape index (κ2) is 5.27. The molecule has 1 aliphatic heterocycles. The van der Waals surface area contributed by atoms with E-state index < -0.39 is 10.0 Å². The van der Waals surface area contributed by atoms with Crippen molar-refractivity contribution in [2.24, 2.45) is 5.92 Å². The third kappa shape index (κ3) is 2.49. The molecule has 0 amide bonds. The Labute approximate surface area is 124 Å². The molecule has 1 unspecified atom stereocenters. The third-order valence-corrected chi connectivity index (χ3v) is 5.90. The van der Waals surface area contributed by atoms with Gasteiger partial charge in [-0.15, -0.1) is 0 Å². The van der Waals surface area contributed by atoms with Crippen LogP contribution >= 0.6 is 0 Å². The maximum absolute atomic E-state index is 12.9. The van der Waals surface area contributed by atoms with E-state index in [1.807, 2.05) is 0 Å². The molecule has 0 aliphatic carbocycles. The Morgan fingerprint density at radius 3 is 2.90 bits per heavy atom. The minimum Gasteiger partial charge on any atom is -0.398 e. The van der Waals surface area contributed by atoms with Gasteiger partial charge in [0.2, 0.25) is 10.0 Å². The van der Waals surface area contributed by atoms with E-state index in [2.05, 4.69) is 11.9 Å². The molecule has 0 spiro atoms. The molecule has 3 rings (SSSR count). The molecule has 1 fully saturated rings. The van der Waals surface area contributed by atoms with Crippen LogP contribution in [0.4, 0.5) is 5.69 Å². The van der Waals surface area contributed by atoms with Crippen molar-refractivity contribution in [3.05, 3.63) is 30.5 Å². The van der Waals surface area contributed by atoms with Crippen LogP contribution in [0.2, 0.25) is 0 Å². The van der Waals surface area contributed by atoms with Crippen LogP contribution in [0.5, 0.6) is 0 Å². The third-order valence-electron chi connectivity index (χ3n) is 4.00. The van der Waals surface area contributed by atoms with E-state index >= 15 is 0 Å². The quantitative estimate of drug-likeness (QED) is 0.863. The Hall–Kier alpha value is -1.66. The zero-order valence-corrected chi connectivity index (χ0v) is 12.8. The van der Waals surface area contributed by atoms with Gasteiger partial charge in [-0.05, 0) is 43.0 Å². The molecule has 1 atom stereocenters. The summed E-state index contributed by atoms with van der Waals surface area (Å²) >= 11 is 0. The van der Waals surface area contributed by atoms with Crippen molar-refractivity contribution in [2.45, 2.75) is 24.7 Å². The van der Waals surface area contributed by atoms with E-state index in [0.717, 1.165) is 12.8 Å². The second-order valence-electron chi connectivity index (χ2n) is 5.66. The van der Waals surface area contributed by atoms with Crippen LogP contribution in [0.1, 0.15) is 19.8 Å². The number of nitrogen functional groups attached to an aromatic ring is 1. The number of rotatable bonds is 2. The molecule has 21 heavy (non-hydrogen) atoms. The molecule has 0 radical (unpaired) electrons. The SMILES string of the molecule is CC1CCCN(S(=O)(=O)c2ccc(N)c3cccnc23)C1. The fourth-order valence-electron chi connectivity index (χ4n) is 2.88. The summed E-state index contributed by atoms with van der Waals surface area (Å²) in [5.41, 5.74) is 6.92. The Morgan fingerprint density at radius 1 is 1.33 bits per heavy atom. The van der Waals surface area contributed by atoms with Gasteiger partial charge in [0.25, 0.3) is 0 Å². The zero-order chi connectivity index (χ0) is 15.0. The molecule has 2 aromatic rings. The summed E-state index contributed by atoms with van der Waals surface area (Å²) < 4.78 is 27.4. The highest BCUT2D eigenvalue weighted by Crippen LogP contribution is 2.30. The Balaban J connectivity index is 2.13. The predicted octanol–water partition coefficient (Wildman–Crippen LogP) is 2.24. The molecule has 1 aromatic carbocycles. The lowest BCUT2D eigenvalue weighted by Crippen LogP contribution is -2.39. The van der Waals surface area contributed by atoms with E-state index in [1.165, 1.54) is 0 Å². The van der Waals surface area contributed by atoms with Gasteiger partial charge in [-0.3, -0.25) is 4.98 Å². The van der Waals surface area contributed by atoms with Crippen LogP contribution in [0.15, 0.2) is 35.4 Å². The summed E-state index contributed by atoms with van der Waals surface area (Å²) in [6.45, 7) is 3.23. The first kappa shape index (κ1) is 14.3. The van der Waals surface area contributed by atoms with Crippen molar-refractivity contribution < 1.29 is 8.42 Å². The molecule has 2 N–H and O–H groups in total. The van der Waals surface area contributed by atoms with Gasteiger partial charge in [-0.25, -0.2) is 8.42 Å². The van der Waals surface area contributed by atoms with E-state index in [4.69, 9.17) is 5.73 Å². The molecule has 1 aromatic heterocycles. The van der Waals surface area contributed by atoms with Gasteiger partial charge in [-0.1, -0.05) is 6.92 Å². The highest BCUT2D eigenvalue weighted by Gasteiger charge is 2.30. The summed E-state index contributed by atoms with van der Waals surface area (Å²) in [7, 11) is -3.52. The monoisotopic (exact) mass is 305 g/mol. The first-order valence-corrected chi connectivity index (χ1v) is 8.57. The lowest BCUT2D eigenvalue weighted by Gasteiger charge is -2.30. The molecule has 5 nitrogen and oxygen atoms in total. The Bertz CT molecular complexity index is 774. The number of pyridine rings is 1. The number of benzene rings is 1. The molecule has 0 saturated carbocycles. The highest BCUT2D eigenvalue weighted by molar-refractivity contribution is 7.89. The van der Waals surface area contributed by atoms with E-state index in [-0.39, 0.29) is 4.90 Å². The zero-order valence-electron chi connectivity index (χ0n) is 12.0. The molecule has 1 aliphatic rings. The topological polar surface area (TPSA) is 76.3 Å². The van der Waals surface area contributed by atoms with Gasteiger partial charge in [0.15, 0.2) is 0 Å². The largest absolute Gasteiger partial charge is 0.398 e. The van der Waals surface area contributed by atoms with Crippen molar-refractivity contribution in [2.75, 3.05) is 18.8 Å². The fourth-order valence-corrected chi connectivity index (χ4v) is 4.63. The van der Waals surface area contributed by atoms with Crippen LogP contribution in [-0.4, -0.2) is 30.8 Å². The summed E-state index contributed by atoms with van der Waals surface area (Å²) in [4.78, 5) is 4.49. The smallest absolute Gasteiger partial charge is 0.245 e. The van der Waals surface area contributed by atoms with Crippen LogP contribution < -0.4 is 5.73 Å². The van der Waals surface area contributed by atoms with Gasteiger partial charge in [0, 0.05) is 30.4 Å². The van der Waals surface area contributed by atoms with Gasteiger partial charge in [0.1, 0.15) is 4.90 Å². The van der Waals surface area contributed by atoms with Crippen LogP contribution in [-0.2, 0) is 10.0 Å². The molecular formula is C15H19N3O2S. The van der Waals surface area contributed by atoms with Crippen molar-refractivity contribution in [3.63, 3.8) is 0 Å². The molecule has 6 heteroatoms. The van der Waals surface area contributed by atoms with Crippen LogP contribution in [0.25, 0.3) is 10.9 Å². The number of hydrogen-bond donors (Lipinski definition) is 1. The number of nitrogens with two attached hydrogens (primary N) is 1. The maximum Gasteiger partial charge on any atom is 0.245 e. The van der Waals surface area contributed by atoms with Crippen molar-refractivity contribution in [1.29, 1.82) is 0 Å². The summed E-state index contributed by atoms with van der Waals surface area (Å²) in [6.07, 6.45) is 3.58. The minimum atomic E-state index is -3.52. The molecular weight excluding hydrogens is 286 g/mol. The molecule has 0 bridgehead atoms. The first-order chi connectivity index (χ1) is 10.00. The number of anilines is 1. The van der Waals surface area contributed by atoms with E-state index in [9.17, 15) is 8.42 Å². The summed E-state index contributed by atoms with van der Waals surface area (Å²) in [5, 5.41) is 0.684. The summed E-state index contributed by atoms with van der Waals surface area (Å²) in [6, 6.07) is 6.77. The summed E-state index contributed by atoms with van der Waals surface area (Å²) in [5.74, 6) is 0.390. The van der Waals surface area contributed by atoms with Crippen molar-refractivity contribution in [3.8, 4) is 0 Å². The Kier molecular flexibility index (Phi) is 3.59. The maximum atomic E-state index is 12.9. The number of sulfonamides is 1. The number of nitrogens with zero attached hydrogens (tertiary/aromatic N) is 2. The normalized spacial score (nSPS) is 20.7. The van der Waals surface area contributed by atoms with Gasteiger partial charge in [-0.2, -0.15) is 4.31 Å². The fraction of sp³-hybridized carbons (Fsp3) is 0.400. The first-order valence-electron chi connectivity index (χ1n) is 7.13. The molecule has 112 valence electrons. The average molecular weight is 305 g/mol. The van der Waals surface area contributed by atoms with Gasteiger partial charge in [0.05, 0.1) is 5.52 Å².